The molecule has 1 aromatic heterocycles. The summed E-state index contributed by atoms with van der Waals surface area (Å²) in [5.41, 5.74) is 0.837. The van der Waals surface area contributed by atoms with Crippen molar-refractivity contribution < 1.29 is 8.78 Å². The van der Waals surface area contributed by atoms with Gasteiger partial charge in [0.15, 0.2) is 0 Å². The first kappa shape index (κ1) is 14.8. The predicted octanol–water partition coefficient (Wildman–Crippen LogP) is 2.30. The molecule has 0 bridgehead atoms. The molecule has 1 heterocycles. The molecule has 0 unspecified atom stereocenters. The van der Waals surface area contributed by atoms with Crippen LogP contribution in [0.5, 0.6) is 0 Å². The molecule has 0 spiro atoms. The summed E-state index contributed by atoms with van der Waals surface area (Å²) >= 11 is 0. The van der Waals surface area contributed by atoms with Gasteiger partial charge in [-0.1, -0.05) is 6.92 Å². The van der Waals surface area contributed by atoms with Crippen LogP contribution in [0, 0.1) is 6.92 Å². The minimum absolute atomic E-state index is 0.269. The molecule has 0 aromatic carbocycles. The van der Waals surface area contributed by atoms with E-state index in [2.05, 4.69) is 22.2 Å². The van der Waals surface area contributed by atoms with Gasteiger partial charge in [-0.05, 0) is 20.4 Å². The zero-order chi connectivity index (χ0) is 13.5. The molecular weight excluding hydrogens is 238 g/mol. The quantitative estimate of drug-likeness (QED) is 0.814. The van der Waals surface area contributed by atoms with Gasteiger partial charge in [0.25, 0.3) is 6.43 Å². The molecule has 0 aliphatic carbocycles. The van der Waals surface area contributed by atoms with Gasteiger partial charge in [-0.3, -0.25) is 4.90 Å². The molecule has 0 atom stereocenters. The summed E-state index contributed by atoms with van der Waals surface area (Å²) in [6, 6.07) is 1.85. The Morgan fingerprint density at radius 3 is 2.72 bits per heavy atom. The van der Waals surface area contributed by atoms with Gasteiger partial charge < -0.3 is 5.32 Å². The highest BCUT2D eigenvalue weighted by Gasteiger charge is 2.10. The Hall–Kier alpha value is -1.30. The van der Waals surface area contributed by atoms with Crippen molar-refractivity contribution in [2.45, 2.75) is 33.2 Å². The molecule has 0 saturated heterocycles. The molecule has 18 heavy (non-hydrogen) atoms. The van der Waals surface area contributed by atoms with Crippen LogP contribution in [0.15, 0.2) is 6.07 Å². The zero-order valence-corrected chi connectivity index (χ0v) is 11.1. The number of hydrogen-bond acceptors (Lipinski definition) is 4. The molecule has 0 radical (unpaired) electrons. The molecule has 0 aliphatic rings. The van der Waals surface area contributed by atoms with Gasteiger partial charge in [-0.15, -0.1) is 0 Å². The SMILES string of the molecule is CCCNc1cc(C)nc(CN(C)CC(F)F)n1. The van der Waals surface area contributed by atoms with Gasteiger partial charge in [0, 0.05) is 18.3 Å². The average Bonchev–Trinajstić information content (AvgIpc) is 2.24. The van der Waals surface area contributed by atoms with Crippen LogP contribution in [0.1, 0.15) is 24.9 Å². The number of nitrogens with one attached hydrogen (secondary N) is 1. The Balaban J connectivity index is 2.67. The molecule has 0 aliphatic heterocycles. The van der Waals surface area contributed by atoms with Crippen LogP contribution in [0.2, 0.25) is 0 Å². The minimum atomic E-state index is -2.34. The van der Waals surface area contributed by atoms with Crippen molar-refractivity contribution in [2.75, 3.05) is 25.5 Å². The van der Waals surface area contributed by atoms with E-state index < -0.39 is 6.43 Å². The fourth-order valence-electron chi connectivity index (χ4n) is 1.59. The molecule has 1 N–H and O–H groups in total. The van der Waals surface area contributed by atoms with Gasteiger partial charge >= 0.3 is 0 Å². The van der Waals surface area contributed by atoms with Crippen molar-refractivity contribution >= 4 is 5.82 Å². The van der Waals surface area contributed by atoms with E-state index in [1.165, 1.54) is 4.90 Å². The Bertz CT molecular complexity index is 371. The second-order valence-electron chi connectivity index (χ2n) is 4.33. The van der Waals surface area contributed by atoms with Crippen LogP contribution in [0.3, 0.4) is 0 Å². The Labute approximate surface area is 106 Å². The Morgan fingerprint density at radius 2 is 2.11 bits per heavy atom. The third-order valence-electron chi connectivity index (χ3n) is 2.32. The lowest BCUT2D eigenvalue weighted by atomic mass is 10.3. The monoisotopic (exact) mass is 258 g/mol. The number of aryl methyl sites for hydroxylation is 1. The second-order valence-corrected chi connectivity index (χ2v) is 4.33. The van der Waals surface area contributed by atoms with Gasteiger partial charge in [0.2, 0.25) is 0 Å². The van der Waals surface area contributed by atoms with Crippen molar-refractivity contribution in [3.8, 4) is 0 Å². The molecule has 1 aromatic rings. The van der Waals surface area contributed by atoms with Gasteiger partial charge in [0.05, 0.1) is 13.1 Å². The maximum absolute atomic E-state index is 12.2. The van der Waals surface area contributed by atoms with Crippen molar-refractivity contribution in [3.05, 3.63) is 17.6 Å². The lowest BCUT2D eigenvalue weighted by Crippen LogP contribution is -2.25. The molecule has 0 amide bonds. The maximum atomic E-state index is 12.2. The van der Waals surface area contributed by atoms with E-state index in [9.17, 15) is 8.78 Å². The van der Waals surface area contributed by atoms with E-state index in [0.717, 1.165) is 24.5 Å². The molecule has 102 valence electrons. The first-order valence-electron chi connectivity index (χ1n) is 6.06. The smallest absolute Gasteiger partial charge is 0.251 e. The molecule has 4 nitrogen and oxygen atoms in total. The van der Waals surface area contributed by atoms with Crippen LogP contribution in [0.4, 0.5) is 14.6 Å². The van der Waals surface area contributed by atoms with Crippen molar-refractivity contribution in [3.63, 3.8) is 0 Å². The fourth-order valence-corrected chi connectivity index (χ4v) is 1.59. The lowest BCUT2D eigenvalue weighted by molar-refractivity contribution is 0.0965. The maximum Gasteiger partial charge on any atom is 0.251 e. The van der Waals surface area contributed by atoms with Crippen LogP contribution in [-0.2, 0) is 6.54 Å². The summed E-state index contributed by atoms with van der Waals surface area (Å²) < 4.78 is 24.4. The molecule has 6 heteroatoms. The lowest BCUT2D eigenvalue weighted by Gasteiger charge is -2.15. The summed E-state index contributed by atoms with van der Waals surface area (Å²) in [6.07, 6.45) is -1.33. The number of alkyl halides is 2. The van der Waals surface area contributed by atoms with Crippen LogP contribution in [-0.4, -0.2) is 41.4 Å². The van der Waals surface area contributed by atoms with E-state index in [1.807, 2.05) is 13.0 Å². The first-order chi connectivity index (χ1) is 8.51. The van der Waals surface area contributed by atoms with Crippen LogP contribution in [0.25, 0.3) is 0 Å². The molecule has 0 saturated carbocycles. The topological polar surface area (TPSA) is 41.1 Å². The Morgan fingerprint density at radius 1 is 1.39 bits per heavy atom. The molecule has 1 rings (SSSR count). The summed E-state index contributed by atoms with van der Waals surface area (Å²) in [5, 5.41) is 3.17. The second kappa shape index (κ2) is 7.20. The number of hydrogen-bond donors (Lipinski definition) is 1. The number of halogens is 2. The van der Waals surface area contributed by atoms with Gasteiger partial charge in [-0.2, -0.15) is 0 Å². The summed E-state index contributed by atoms with van der Waals surface area (Å²) in [5.74, 6) is 1.32. The fraction of sp³-hybridized carbons (Fsp3) is 0.667. The third kappa shape index (κ3) is 5.35. The van der Waals surface area contributed by atoms with Crippen LogP contribution >= 0.6 is 0 Å². The Kier molecular flexibility index (Phi) is 5.91. The normalized spacial score (nSPS) is 11.3. The van der Waals surface area contributed by atoms with Crippen LogP contribution < -0.4 is 5.32 Å². The highest BCUT2D eigenvalue weighted by Crippen LogP contribution is 2.08. The zero-order valence-electron chi connectivity index (χ0n) is 11.1. The average molecular weight is 258 g/mol. The van der Waals surface area contributed by atoms with Crippen molar-refractivity contribution in [1.82, 2.24) is 14.9 Å². The number of anilines is 1. The largest absolute Gasteiger partial charge is 0.370 e. The van der Waals surface area contributed by atoms with Gasteiger partial charge in [0.1, 0.15) is 11.6 Å². The third-order valence-corrected chi connectivity index (χ3v) is 2.32. The molecule has 0 fully saturated rings. The summed E-state index contributed by atoms with van der Waals surface area (Å²) in [6.45, 7) is 4.83. The number of rotatable bonds is 7. The van der Waals surface area contributed by atoms with E-state index >= 15 is 0 Å². The standard InChI is InChI=1S/C12H20F2N4/c1-4-5-15-11-6-9(2)16-12(17-11)8-18(3)7-10(13)14/h6,10H,4-5,7-8H2,1-3H3,(H,15,16,17). The summed E-state index contributed by atoms with van der Waals surface area (Å²) in [4.78, 5) is 10.1. The highest BCUT2D eigenvalue weighted by atomic mass is 19.3. The van der Waals surface area contributed by atoms with E-state index in [0.29, 0.717) is 12.4 Å². The highest BCUT2D eigenvalue weighted by molar-refractivity contribution is 5.35. The first-order valence-corrected chi connectivity index (χ1v) is 6.06. The van der Waals surface area contributed by atoms with E-state index in [4.69, 9.17) is 0 Å². The van der Waals surface area contributed by atoms with Gasteiger partial charge in [-0.25, -0.2) is 18.7 Å². The van der Waals surface area contributed by atoms with E-state index in [-0.39, 0.29) is 6.54 Å². The summed E-state index contributed by atoms with van der Waals surface area (Å²) in [7, 11) is 1.64. The molecular formula is C12H20F2N4. The van der Waals surface area contributed by atoms with Crippen molar-refractivity contribution in [1.29, 1.82) is 0 Å². The number of nitrogens with zero attached hydrogens (tertiary/aromatic N) is 3. The number of aromatic nitrogens is 2. The minimum Gasteiger partial charge on any atom is -0.370 e. The van der Waals surface area contributed by atoms with Crippen molar-refractivity contribution in [2.24, 2.45) is 0 Å². The predicted molar refractivity (Wildman–Crippen MR) is 67.9 cm³/mol. The van der Waals surface area contributed by atoms with E-state index in [1.54, 1.807) is 7.05 Å².